The molecule has 0 bridgehead atoms. The fourth-order valence-corrected chi connectivity index (χ4v) is 2.29. The molecule has 0 spiro atoms. The van der Waals surface area contributed by atoms with E-state index in [9.17, 15) is 30.7 Å². The fraction of sp³-hybridized carbons (Fsp3) is 0.133. The summed E-state index contributed by atoms with van der Waals surface area (Å²) in [6, 6.07) is 3.79. The molecule has 134 valence electrons. The van der Waals surface area contributed by atoms with E-state index in [4.69, 9.17) is 5.26 Å². The van der Waals surface area contributed by atoms with Crippen LogP contribution in [-0.4, -0.2) is 14.6 Å². The van der Waals surface area contributed by atoms with Crippen molar-refractivity contribution < 1.29 is 30.7 Å². The first kappa shape index (κ1) is 17.7. The Labute approximate surface area is 140 Å². The van der Waals surface area contributed by atoms with E-state index in [0.29, 0.717) is 22.7 Å². The Hall–Kier alpha value is -3.16. The van der Waals surface area contributed by atoms with E-state index in [1.807, 2.05) is 0 Å². The molecular formula is C15H5F7N4. The summed E-state index contributed by atoms with van der Waals surface area (Å²) in [5.41, 5.74) is -4.65. The molecule has 26 heavy (non-hydrogen) atoms. The van der Waals surface area contributed by atoms with E-state index in [0.717, 1.165) is 12.3 Å². The highest BCUT2D eigenvalue weighted by atomic mass is 19.4. The first-order valence-electron chi connectivity index (χ1n) is 6.75. The van der Waals surface area contributed by atoms with Gasteiger partial charge in [-0.3, -0.25) is 0 Å². The van der Waals surface area contributed by atoms with E-state index < -0.39 is 46.3 Å². The van der Waals surface area contributed by atoms with Crippen LogP contribution in [0.25, 0.3) is 16.9 Å². The van der Waals surface area contributed by atoms with Crippen LogP contribution in [0.4, 0.5) is 30.7 Å². The summed E-state index contributed by atoms with van der Waals surface area (Å²) >= 11 is 0. The third-order valence-corrected chi connectivity index (χ3v) is 3.45. The number of halogens is 7. The van der Waals surface area contributed by atoms with Crippen molar-refractivity contribution in [2.45, 2.75) is 12.4 Å². The molecular weight excluding hydrogens is 369 g/mol. The van der Waals surface area contributed by atoms with Gasteiger partial charge in [0.25, 0.3) is 0 Å². The average molecular weight is 374 g/mol. The largest absolute Gasteiger partial charge is 0.433 e. The maximum atomic E-state index is 13.4. The van der Waals surface area contributed by atoms with Gasteiger partial charge in [-0.05, 0) is 24.3 Å². The minimum absolute atomic E-state index is 0.296. The van der Waals surface area contributed by atoms with Crippen LogP contribution in [0.1, 0.15) is 16.8 Å². The lowest BCUT2D eigenvalue weighted by atomic mass is 10.1. The number of hydrogen-bond acceptors (Lipinski definition) is 3. The molecule has 1 aromatic carbocycles. The minimum atomic E-state index is -5.04. The summed E-state index contributed by atoms with van der Waals surface area (Å²) in [4.78, 5) is 3.79. The lowest BCUT2D eigenvalue weighted by Crippen LogP contribution is -2.14. The maximum absolute atomic E-state index is 13.4. The van der Waals surface area contributed by atoms with E-state index in [1.165, 1.54) is 0 Å². The van der Waals surface area contributed by atoms with Gasteiger partial charge in [0.1, 0.15) is 17.4 Å². The molecule has 0 unspecified atom stereocenters. The van der Waals surface area contributed by atoms with Crippen molar-refractivity contribution in [3.05, 3.63) is 53.1 Å². The number of hydrogen-bond donors (Lipinski definition) is 0. The van der Waals surface area contributed by atoms with Crippen LogP contribution in [0, 0.1) is 17.1 Å². The third-order valence-electron chi connectivity index (χ3n) is 3.45. The van der Waals surface area contributed by atoms with Gasteiger partial charge < -0.3 is 0 Å². The maximum Gasteiger partial charge on any atom is 0.433 e. The zero-order chi connectivity index (χ0) is 19.3. The van der Waals surface area contributed by atoms with Crippen LogP contribution in [0.5, 0.6) is 0 Å². The molecule has 0 fully saturated rings. The van der Waals surface area contributed by atoms with E-state index in [2.05, 4.69) is 10.1 Å². The molecule has 2 aromatic heterocycles. The Bertz CT molecular complexity index is 1040. The zero-order valence-electron chi connectivity index (χ0n) is 12.3. The van der Waals surface area contributed by atoms with Gasteiger partial charge in [-0.2, -0.15) is 36.7 Å². The summed E-state index contributed by atoms with van der Waals surface area (Å²) < 4.78 is 92.0. The smallest absolute Gasteiger partial charge is 0.227 e. The fourth-order valence-electron chi connectivity index (χ4n) is 2.29. The predicted octanol–water partition coefficient (Wildman–Crippen LogP) is 4.44. The summed E-state index contributed by atoms with van der Waals surface area (Å²) in [5.74, 6) is -1.57. The van der Waals surface area contributed by atoms with Gasteiger partial charge in [0.15, 0.2) is 11.3 Å². The van der Waals surface area contributed by atoms with Gasteiger partial charge in [-0.1, -0.05) is 0 Å². The molecule has 0 aliphatic heterocycles. The van der Waals surface area contributed by atoms with Crippen molar-refractivity contribution in [1.82, 2.24) is 14.6 Å². The number of rotatable bonds is 1. The Kier molecular flexibility index (Phi) is 3.86. The van der Waals surface area contributed by atoms with Crippen LogP contribution in [-0.2, 0) is 12.4 Å². The van der Waals surface area contributed by atoms with E-state index in [-0.39, 0.29) is 5.56 Å². The summed E-state index contributed by atoms with van der Waals surface area (Å²) in [5, 5.41) is 12.4. The van der Waals surface area contributed by atoms with Gasteiger partial charge in [0.05, 0.1) is 17.5 Å². The van der Waals surface area contributed by atoms with Gasteiger partial charge in [-0.15, -0.1) is 0 Å². The minimum Gasteiger partial charge on any atom is -0.227 e. The zero-order valence-corrected chi connectivity index (χ0v) is 12.3. The SMILES string of the molecule is N#Cc1cnn2c(C(F)(F)F)cc(-c3ccc(F)c(C(F)(F)F)c3)nc12. The highest BCUT2D eigenvalue weighted by Crippen LogP contribution is 2.36. The molecule has 0 saturated carbocycles. The van der Waals surface area contributed by atoms with Crippen molar-refractivity contribution in [2.24, 2.45) is 0 Å². The molecule has 3 rings (SSSR count). The van der Waals surface area contributed by atoms with E-state index in [1.54, 1.807) is 6.07 Å². The second kappa shape index (κ2) is 5.69. The Morgan fingerprint density at radius 3 is 2.27 bits per heavy atom. The quantitative estimate of drug-likeness (QED) is 0.592. The predicted molar refractivity (Wildman–Crippen MR) is 73.1 cm³/mol. The first-order valence-corrected chi connectivity index (χ1v) is 6.75. The topological polar surface area (TPSA) is 54.0 Å². The molecule has 11 heteroatoms. The number of nitriles is 1. The van der Waals surface area contributed by atoms with Crippen molar-refractivity contribution in [1.29, 1.82) is 5.26 Å². The van der Waals surface area contributed by atoms with Crippen LogP contribution >= 0.6 is 0 Å². The normalized spacial score (nSPS) is 12.4. The molecule has 0 N–H and O–H groups in total. The van der Waals surface area contributed by atoms with Gasteiger partial charge in [-0.25, -0.2) is 13.9 Å². The number of nitrogens with zero attached hydrogens (tertiary/aromatic N) is 4. The summed E-state index contributed by atoms with van der Waals surface area (Å²) in [6.45, 7) is 0. The lowest BCUT2D eigenvalue weighted by Gasteiger charge is -2.13. The molecule has 2 heterocycles. The molecule has 0 amide bonds. The van der Waals surface area contributed by atoms with Crippen molar-refractivity contribution in [3.63, 3.8) is 0 Å². The highest BCUT2D eigenvalue weighted by Gasteiger charge is 2.37. The van der Waals surface area contributed by atoms with Crippen molar-refractivity contribution in [2.75, 3.05) is 0 Å². The average Bonchev–Trinajstić information content (AvgIpc) is 2.95. The number of aromatic nitrogens is 3. The summed E-state index contributed by atoms with van der Waals surface area (Å²) in [6.07, 6.45) is -9.10. The van der Waals surface area contributed by atoms with Crippen LogP contribution in [0.15, 0.2) is 30.5 Å². The number of alkyl halides is 6. The van der Waals surface area contributed by atoms with E-state index >= 15 is 0 Å². The Morgan fingerprint density at radius 1 is 1.00 bits per heavy atom. The van der Waals surface area contributed by atoms with Crippen LogP contribution in [0.3, 0.4) is 0 Å². The van der Waals surface area contributed by atoms with Crippen LogP contribution < -0.4 is 0 Å². The number of benzene rings is 1. The molecule has 0 radical (unpaired) electrons. The molecule has 0 aliphatic rings. The number of fused-ring (bicyclic) bond motifs is 1. The van der Waals surface area contributed by atoms with Crippen molar-refractivity contribution in [3.8, 4) is 17.3 Å². The van der Waals surface area contributed by atoms with Crippen molar-refractivity contribution >= 4 is 5.65 Å². The second-order valence-corrected chi connectivity index (χ2v) is 5.12. The molecule has 0 atom stereocenters. The standard InChI is InChI=1S/C15H5F7N4/c16-10-2-1-7(3-9(10)14(17,18)19)11-4-12(15(20,21)22)26-13(25-11)8(5-23)6-24-26/h1-4,6H. The highest BCUT2D eigenvalue weighted by molar-refractivity contribution is 5.66. The first-order chi connectivity index (χ1) is 12.0. The lowest BCUT2D eigenvalue weighted by molar-refractivity contribution is -0.143. The Balaban J connectivity index is 2.31. The summed E-state index contributed by atoms with van der Waals surface area (Å²) in [7, 11) is 0. The molecule has 3 aromatic rings. The molecule has 4 nitrogen and oxygen atoms in total. The van der Waals surface area contributed by atoms with Gasteiger partial charge >= 0.3 is 12.4 Å². The van der Waals surface area contributed by atoms with Gasteiger partial charge in [0, 0.05) is 5.56 Å². The van der Waals surface area contributed by atoms with Gasteiger partial charge in [0.2, 0.25) is 0 Å². The Morgan fingerprint density at radius 2 is 1.69 bits per heavy atom. The molecule has 0 aliphatic carbocycles. The van der Waals surface area contributed by atoms with Crippen LogP contribution in [0.2, 0.25) is 0 Å². The monoisotopic (exact) mass is 374 g/mol. The molecule has 0 saturated heterocycles. The third kappa shape index (κ3) is 2.94. The second-order valence-electron chi connectivity index (χ2n) is 5.12.